The second kappa shape index (κ2) is 5.46. The molecule has 0 aliphatic carbocycles. The lowest BCUT2D eigenvalue weighted by molar-refractivity contribution is 0.0965. The largest absolute Gasteiger partial charge is 0.481 e. The molecule has 6 nitrogen and oxygen atoms in total. The lowest BCUT2D eigenvalue weighted by atomic mass is 10.3. The van der Waals surface area contributed by atoms with Crippen LogP contribution in [0.25, 0.3) is 0 Å². The Balaban J connectivity index is 1.99. The lowest BCUT2D eigenvalue weighted by Crippen LogP contribution is -2.30. The fourth-order valence-electron chi connectivity index (χ4n) is 1.29. The van der Waals surface area contributed by atoms with Crippen molar-refractivity contribution >= 4 is 23.2 Å². The van der Waals surface area contributed by atoms with Crippen LogP contribution in [-0.4, -0.2) is 23.0 Å². The Bertz CT molecular complexity index is 555. The molecule has 2 heterocycles. The van der Waals surface area contributed by atoms with Gasteiger partial charge in [0, 0.05) is 12.3 Å². The van der Waals surface area contributed by atoms with Gasteiger partial charge in [-0.05, 0) is 23.9 Å². The van der Waals surface area contributed by atoms with E-state index in [1.165, 1.54) is 24.6 Å². The van der Waals surface area contributed by atoms with E-state index in [0.29, 0.717) is 10.8 Å². The number of aryl methyl sites for hydroxylation is 1. The Labute approximate surface area is 108 Å². The van der Waals surface area contributed by atoms with Gasteiger partial charge in [0.25, 0.3) is 5.91 Å². The average molecular weight is 264 g/mol. The van der Waals surface area contributed by atoms with Crippen LogP contribution in [0.15, 0.2) is 23.7 Å². The zero-order valence-electron chi connectivity index (χ0n) is 9.93. The molecule has 2 N–H and O–H groups in total. The summed E-state index contributed by atoms with van der Waals surface area (Å²) >= 11 is 1.38. The first-order valence-electron chi connectivity index (χ1n) is 5.18. The molecule has 2 aromatic rings. The Morgan fingerprint density at radius 3 is 2.94 bits per heavy atom. The van der Waals surface area contributed by atoms with Crippen molar-refractivity contribution in [3.05, 3.63) is 34.2 Å². The van der Waals surface area contributed by atoms with Crippen molar-refractivity contribution < 1.29 is 9.53 Å². The minimum atomic E-state index is -0.214. The van der Waals surface area contributed by atoms with Crippen LogP contribution in [0.1, 0.15) is 15.2 Å². The summed E-state index contributed by atoms with van der Waals surface area (Å²) in [4.78, 5) is 20.4. The molecule has 7 heteroatoms. The van der Waals surface area contributed by atoms with Crippen LogP contribution >= 0.6 is 11.3 Å². The molecule has 2 aromatic heterocycles. The molecule has 94 valence electrons. The first-order chi connectivity index (χ1) is 8.70. The topological polar surface area (TPSA) is 76.1 Å². The molecule has 0 aromatic carbocycles. The molecule has 0 aliphatic rings. The normalized spacial score (nSPS) is 9.89. The van der Waals surface area contributed by atoms with Crippen LogP contribution < -0.4 is 15.6 Å². The summed E-state index contributed by atoms with van der Waals surface area (Å²) in [7, 11) is 1.51. The number of hydrogen-bond acceptors (Lipinski definition) is 6. The minimum absolute atomic E-state index is 0.214. The van der Waals surface area contributed by atoms with Crippen molar-refractivity contribution in [1.82, 2.24) is 15.4 Å². The number of carbonyl (C=O) groups is 1. The van der Waals surface area contributed by atoms with E-state index in [9.17, 15) is 4.79 Å². The van der Waals surface area contributed by atoms with Crippen LogP contribution in [0.3, 0.4) is 0 Å². The van der Waals surface area contributed by atoms with E-state index in [4.69, 9.17) is 4.74 Å². The van der Waals surface area contributed by atoms with Crippen molar-refractivity contribution in [2.45, 2.75) is 6.92 Å². The van der Waals surface area contributed by atoms with E-state index in [0.717, 1.165) is 5.56 Å². The standard InChI is InChI=1S/C11H12N4O2S/c1-7-4-6-18-9(7)10(16)14-15-11-12-5-3-8(13-11)17-2/h3-6H,1-2H3,(H,14,16)(H,12,13,15). The Morgan fingerprint density at radius 1 is 1.44 bits per heavy atom. The van der Waals surface area contributed by atoms with E-state index >= 15 is 0 Å². The third-order valence-electron chi connectivity index (χ3n) is 2.20. The summed E-state index contributed by atoms with van der Waals surface area (Å²) in [6, 6.07) is 3.51. The van der Waals surface area contributed by atoms with Gasteiger partial charge in [0.2, 0.25) is 11.8 Å². The number of hydrazine groups is 1. The third kappa shape index (κ3) is 2.75. The summed E-state index contributed by atoms with van der Waals surface area (Å²) in [5, 5.41) is 1.87. The van der Waals surface area contributed by atoms with Crippen molar-refractivity contribution in [2.75, 3.05) is 12.5 Å². The van der Waals surface area contributed by atoms with Gasteiger partial charge in [0.15, 0.2) is 0 Å². The number of carbonyl (C=O) groups excluding carboxylic acids is 1. The van der Waals surface area contributed by atoms with E-state index in [1.54, 1.807) is 6.07 Å². The van der Waals surface area contributed by atoms with E-state index < -0.39 is 0 Å². The van der Waals surface area contributed by atoms with Crippen molar-refractivity contribution in [1.29, 1.82) is 0 Å². The quantitative estimate of drug-likeness (QED) is 0.820. The lowest BCUT2D eigenvalue weighted by Gasteiger charge is -2.07. The number of nitrogens with zero attached hydrogens (tertiary/aromatic N) is 2. The highest BCUT2D eigenvalue weighted by Crippen LogP contribution is 2.15. The molecule has 0 bridgehead atoms. The maximum Gasteiger partial charge on any atom is 0.280 e. The molecule has 18 heavy (non-hydrogen) atoms. The molecular weight excluding hydrogens is 252 g/mol. The molecule has 0 fully saturated rings. The minimum Gasteiger partial charge on any atom is -0.481 e. The number of methoxy groups -OCH3 is 1. The second-order valence-corrected chi connectivity index (χ2v) is 4.35. The number of thiophene rings is 1. The van der Waals surface area contributed by atoms with E-state index in [2.05, 4.69) is 20.8 Å². The van der Waals surface area contributed by atoms with Crippen LogP contribution in [0.2, 0.25) is 0 Å². The number of hydrogen-bond donors (Lipinski definition) is 2. The SMILES string of the molecule is COc1ccnc(NNC(=O)c2sccc2C)n1. The number of anilines is 1. The summed E-state index contributed by atoms with van der Waals surface area (Å²) in [5.41, 5.74) is 6.11. The molecule has 2 rings (SSSR count). The molecule has 0 radical (unpaired) electrons. The van der Waals surface area contributed by atoms with Crippen molar-refractivity contribution in [3.63, 3.8) is 0 Å². The van der Waals surface area contributed by atoms with Gasteiger partial charge >= 0.3 is 0 Å². The van der Waals surface area contributed by atoms with Gasteiger partial charge in [-0.3, -0.25) is 15.6 Å². The number of aromatic nitrogens is 2. The first-order valence-corrected chi connectivity index (χ1v) is 6.06. The van der Waals surface area contributed by atoms with Gasteiger partial charge < -0.3 is 4.74 Å². The van der Waals surface area contributed by atoms with Gasteiger partial charge in [-0.1, -0.05) is 0 Å². The summed E-state index contributed by atoms with van der Waals surface area (Å²) < 4.78 is 4.95. The summed E-state index contributed by atoms with van der Waals surface area (Å²) in [5.74, 6) is 0.486. The summed E-state index contributed by atoms with van der Waals surface area (Å²) in [6.07, 6.45) is 1.54. The first kappa shape index (κ1) is 12.3. The average Bonchev–Trinajstić information content (AvgIpc) is 2.82. The molecule has 0 spiro atoms. The van der Waals surface area contributed by atoms with E-state index in [-0.39, 0.29) is 11.9 Å². The smallest absolute Gasteiger partial charge is 0.280 e. The molecule has 1 amide bonds. The Hall–Kier alpha value is -2.15. The van der Waals surface area contributed by atoms with Crippen LogP contribution in [0.4, 0.5) is 5.95 Å². The van der Waals surface area contributed by atoms with E-state index in [1.807, 2.05) is 18.4 Å². The molecule has 0 saturated carbocycles. The van der Waals surface area contributed by atoms with Crippen LogP contribution in [0.5, 0.6) is 5.88 Å². The van der Waals surface area contributed by atoms with Crippen molar-refractivity contribution in [2.24, 2.45) is 0 Å². The molecule has 0 aliphatic heterocycles. The Morgan fingerprint density at radius 2 is 2.28 bits per heavy atom. The highest BCUT2D eigenvalue weighted by molar-refractivity contribution is 7.12. The van der Waals surface area contributed by atoms with Gasteiger partial charge in [0.05, 0.1) is 12.0 Å². The third-order valence-corrected chi connectivity index (χ3v) is 3.21. The molecule has 0 atom stereocenters. The second-order valence-electron chi connectivity index (χ2n) is 3.43. The van der Waals surface area contributed by atoms with Crippen LogP contribution in [0, 0.1) is 6.92 Å². The zero-order chi connectivity index (χ0) is 13.0. The maximum atomic E-state index is 11.8. The van der Waals surface area contributed by atoms with Gasteiger partial charge in [-0.2, -0.15) is 4.98 Å². The molecule has 0 saturated heterocycles. The fraction of sp³-hybridized carbons (Fsp3) is 0.182. The highest BCUT2D eigenvalue weighted by atomic mass is 32.1. The predicted octanol–water partition coefficient (Wildman–Crippen LogP) is 1.61. The van der Waals surface area contributed by atoms with Gasteiger partial charge in [-0.25, -0.2) is 4.98 Å². The molecule has 0 unspecified atom stereocenters. The van der Waals surface area contributed by atoms with Crippen molar-refractivity contribution in [3.8, 4) is 5.88 Å². The summed E-state index contributed by atoms with van der Waals surface area (Å²) in [6.45, 7) is 1.88. The Kier molecular flexibility index (Phi) is 3.73. The fourth-order valence-corrected chi connectivity index (χ4v) is 2.11. The van der Waals surface area contributed by atoms with Gasteiger partial charge in [-0.15, -0.1) is 11.3 Å². The zero-order valence-corrected chi connectivity index (χ0v) is 10.7. The predicted molar refractivity (Wildman–Crippen MR) is 68.7 cm³/mol. The number of amides is 1. The maximum absolute atomic E-state index is 11.8. The number of ether oxygens (including phenoxy) is 1. The number of rotatable bonds is 4. The monoisotopic (exact) mass is 264 g/mol. The molecular formula is C11H12N4O2S. The number of nitrogens with one attached hydrogen (secondary N) is 2. The highest BCUT2D eigenvalue weighted by Gasteiger charge is 2.10. The van der Waals surface area contributed by atoms with Crippen LogP contribution in [-0.2, 0) is 0 Å². The van der Waals surface area contributed by atoms with Gasteiger partial charge in [0.1, 0.15) is 0 Å².